The number of rotatable bonds is 6. The lowest BCUT2D eigenvalue weighted by Gasteiger charge is -2.14. The van der Waals surface area contributed by atoms with Crippen LogP contribution in [-0.4, -0.2) is 27.6 Å². The Kier molecular flexibility index (Phi) is 7.13. The summed E-state index contributed by atoms with van der Waals surface area (Å²) in [4.78, 5) is 26.8. The van der Waals surface area contributed by atoms with Gasteiger partial charge in [-0.15, -0.1) is 0 Å². The molecule has 144 valence electrons. The van der Waals surface area contributed by atoms with Crippen LogP contribution in [0.25, 0.3) is 6.08 Å². The van der Waals surface area contributed by atoms with Gasteiger partial charge in [0.25, 0.3) is 5.91 Å². The number of hydrogen-bond acceptors (Lipinski definition) is 4. The van der Waals surface area contributed by atoms with Crippen LogP contribution in [0.15, 0.2) is 53.4 Å². The second kappa shape index (κ2) is 9.56. The Bertz CT molecular complexity index is 963. The van der Waals surface area contributed by atoms with Crippen molar-refractivity contribution >= 4 is 75.1 Å². The molecule has 0 atom stereocenters. The number of nitrogens with one attached hydrogen (secondary N) is 1. The molecule has 1 fully saturated rings. The number of carbonyl (C=O) groups is 2. The van der Waals surface area contributed by atoms with Crippen LogP contribution in [0.2, 0.25) is 10.0 Å². The van der Waals surface area contributed by atoms with Crippen molar-refractivity contribution in [3.63, 3.8) is 0 Å². The fourth-order valence-electron chi connectivity index (χ4n) is 2.61. The molecule has 0 saturated carbocycles. The SMILES string of the molecule is O=C(CCCN1C(=O)/C(=C/c2ccccc2Cl)SC1=S)Nc1cccc(Cl)c1. The van der Waals surface area contributed by atoms with Gasteiger partial charge in [-0.2, -0.15) is 0 Å². The predicted octanol–water partition coefficient (Wildman–Crippen LogP) is 5.61. The van der Waals surface area contributed by atoms with E-state index in [2.05, 4.69) is 5.32 Å². The molecule has 0 radical (unpaired) electrons. The number of amides is 2. The van der Waals surface area contributed by atoms with E-state index in [0.29, 0.717) is 37.9 Å². The second-order valence-corrected chi connectivity index (χ2v) is 8.54. The summed E-state index contributed by atoms with van der Waals surface area (Å²) < 4.78 is 0.485. The molecule has 8 heteroatoms. The average Bonchev–Trinajstić information content (AvgIpc) is 2.91. The van der Waals surface area contributed by atoms with Crippen LogP contribution < -0.4 is 5.32 Å². The highest BCUT2D eigenvalue weighted by atomic mass is 35.5. The molecule has 0 spiro atoms. The quantitative estimate of drug-likeness (QED) is 0.458. The lowest BCUT2D eigenvalue weighted by atomic mass is 10.2. The number of thioether (sulfide) groups is 1. The van der Waals surface area contributed by atoms with Gasteiger partial charge in [0.1, 0.15) is 4.32 Å². The zero-order valence-corrected chi connectivity index (χ0v) is 17.8. The molecule has 0 aliphatic carbocycles. The number of hydrogen-bond donors (Lipinski definition) is 1. The molecule has 1 aliphatic rings. The Morgan fingerprint density at radius 3 is 2.71 bits per heavy atom. The van der Waals surface area contributed by atoms with Gasteiger partial charge in [0.15, 0.2) is 0 Å². The minimum absolute atomic E-state index is 0.140. The van der Waals surface area contributed by atoms with Crippen molar-refractivity contribution in [3.8, 4) is 0 Å². The van der Waals surface area contributed by atoms with Crippen molar-refractivity contribution in [3.05, 3.63) is 69.0 Å². The maximum Gasteiger partial charge on any atom is 0.266 e. The van der Waals surface area contributed by atoms with Gasteiger partial charge >= 0.3 is 0 Å². The Balaban J connectivity index is 1.55. The van der Waals surface area contributed by atoms with E-state index in [9.17, 15) is 9.59 Å². The molecule has 3 rings (SSSR count). The van der Waals surface area contributed by atoms with Gasteiger partial charge < -0.3 is 5.32 Å². The fraction of sp³-hybridized carbons (Fsp3) is 0.150. The van der Waals surface area contributed by atoms with Crippen molar-refractivity contribution in [2.75, 3.05) is 11.9 Å². The fourth-order valence-corrected chi connectivity index (χ4v) is 4.29. The Morgan fingerprint density at radius 1 is 1.18 bits per heavy atom. The summed E-state index contributed by atoms with van der Waals surface area (Å²) >= 11 is 18.6. The van der Waals surface area contributed by atoms with Gasteiger partial charge in [0, 0.05) is 28.7 Å². The minimum atomic E-state index is -0.162. The topological polar surface area (TPSA) is 49.4 Å². The number of thiocarbonyl (C=S) groups is 1. The third-order valence-electron chi connectivity index (χ3n) is 3.96. The summed E-state index contributed by atoms with van der Waals surface area (Å²) in [6.07, 6.45) is 2.51. The maximum atomic E-state index is 12.6. The largest absolute Gasteiger partial charge is 0.326 e. The lowest BCUT2D eigenvalue weighted by molar-refractivity contribution is -0.122. The monoisotopic (exact) mass is 450 g/mol. The molecular formula is C20H16Cl2N2O2S2. The van der Waals surface area contributed by atoms with Crippen molar-refractivity contribution in [1.82, 2.24) is 4.90 Å². The summed E-state index contributed by atoms with van der Waals surface area (Å²) in [7, 11) is 0. The molecular weight excluding hydrogens is 435 g/mol. The van der Waals surface area contributed by atoms with Crippen LogP contribution in [0.3, 0.4) is 0 Å². The van der Waals surface area contributed by atoms with Crippen molar-refractivity contribution in [1.29, 1.82) is 0 Å². The molecule has 2 aromatic carbocycles. The second-order valence-electron chi connectivity index (χ2n) is 6.02. The summed E-state index contributed by atoms with van der Waals surface area (Å²) in [5, 5.41) is 3.92. The number of carbonyl (C=O) groups excluding carboxylic acids is 2. The van der Waals surface area contributed by atoms with Crippen molar-refractivity contribution < 1.29 is 9.59 Å². The molecule has 1 N–H and O–H groups in total. The molecule has 28 heavy (non-hydrogen) atoms. The predicted molar refractivity (Wildman–Crippen MR) is 121 cm³/mol. The van der Waals surface area contributed by atoms with E-state index >= 15 is 0 Å². The standard InChI is InChI=1S/C20H16Cl2N2O2S2/c21-14-6-3-7-15(12-14)23-18(25)9-4-10-24-19(26)17(28-20(24)27)11-13-5-1-2-8-16(13)22/h1-3,5-8,11-12H,4,9-10H2,(H,23,25)/b17-11-. The Morgan fingerprint density at radius 2 is 1.96 bits per heavy atom. The summed E-state index contributed by atoms with van der Waals surface area (Å²) in [6.45, 7) is 0.382. The minimum Gasteiger partial charge on any atom is -0.326 e. The van der Waals surface area contributed by atoms with Gasteiger partial charge in [0.05, 0.1) is 4.91 Å². The van der Waals surface area contributed by atoms with Gasteiger partial charge in [-0.1, -0.05) is 71.4 Å². The van der Waals surface area contributed by atoms with E-state index in [0.717, 1.165) is 5.56 Å². The van der Waals surface area contributed by atoms with Gasteiger partial charge in [0.2, 0.25) is 5.91 Å². The van der Waals surface area contributed by atoms with E-state index in [1.54, 1.807) is 36.4 Å². The number of halogens is 2. The Labute approximate surface area is 182 Å². The van der Waals surface area contributed by atoms with Gasteiger partial charge in [-0.3, -0.25) is 14.5 Å². The van der Waals surface area contributed by atoms with E-state index in [-0.39, 0.29) is 18.2 Å². The van der Waals surface area contributed by atoms with Crippen molar-refractivity contribution in [2.45, 2.75) is 12.8 Å². The van der Waals surface area contributed by atoms with Crippen LogP contribution in [0.4, 0.5) is 5.69 Å². The van der Waals surface area contributed by atoms with E-state index < -0.39 is 0 Å². The molecule has 0 aromatic heterocycles. The van der Waals surface area contributed by atoms with E-state index in [4.69, 9.17) is 35.4 Å². The molecule has 2 amide bonds. The maximum absolute atomic E-state index is 12.6. The number of nitrogens with zero attached hydrogens (tertiary/aromatic N) is 1. The van der Waals surface area contributed by atoms with E-state index in [1.165, 1.54) is 16.7 Å². The zero-order valence-electron chi connectivity index (χ0n) is 14.7. The lowest BCUT2D eigenvalue weighted by Crippen LogP contribution is -2.29. The molecule has 1 saturated heterocycles. The smallest absolute Gasteiger partial charge is 0.266 e. The normalized spacial score (nSPS) is 15.4. The zero-order chi connectivity index (χ0) is 20.1. The highest BCUT2D eigenvalue weighted by Gasteiger charge is 2.31. The first-order valence-electron chi connectivity index (χ1n) is 8.49. The van der Waals surface area contributed by atoms with Crippen LogP contribution in [0.5, 0.6) is 0 Å². The highest BCUT2D eigenvalue weighted by molar-refractivity contribution is 8.26. The average molecular weight is 451 g/mol. The van der Waals surface area contributed by atoms with Crippen LogP contribution in [-0.2, 0) is 9.59 Å². The van der Waals surface area contributed by atoms with Crippen LogP contribution in [0.1, 0.15) is 18.4 Å². The molecule has 4 nitrogen and oxygen atoms in total. The highest BCUT2D eigenvalue weighted by Crippen LogP contribution is 2.33. The van der Waals surface area contributed by atoms with Gasteiger partial charge in [-0.05, 0) is 42.3 Å². The first-order chi connectivity index (χ1) is 13.4. The van der Waals surface area contributed by atoms with Crippen LogP contribution in [0, 0.1) is 0 Å². The third kappa shape index (κ3) is 5.35. The molecule has 2 aromatic rings. The summed E-state index contributed by atoms with van der Waals surface area (Å²) in [5.74, 6) is -0.301. The van der Waals surface area contributed by atoms with Gasteiger partial charge in [-0.25, -0.2) is 0 Å². The van der Waals surface area contributed by atoms with E-state index in [1.807, 2.05) is 18.2 Å². The summed E-state index contributed by atoms with van der Waals surface area (Å²) in [5.41, 5.74) is 1.41. The first-order valence-corrected chi connectivity index (χ1v) is 10.5. The molecule has 1 heterocycles. The first kappa shape index (κ1) is 20.9. The van der Waals surface area contributed by atoms with Crippen LogP contribution >= 0.6 is 47.2 Å². The molecule has 0 unspecified atom stereocenters. The molecule has 0 bridgehead atoms. The van der Waals surface area contributed by atoms with Crippen molar-refractivity contribution in [2.24, 2.45) is 0 Å². The Hall–Kier alpha value is -1.86. The number of benzene rings is 2. The summed E-state index contributed by atoms with van der Waals surface area (Å²) in [6, 6.07) is 14.3. The molecule has 1 aliphatic heterocycles. The third-order valence-corrected chi connectivity index (χ3v) is 5.92. The number of anilines is 1.